The summed E-state index contributed by atoms with van der Waals surface area (Å²) in [5.41, 5.74) is 4.09. The number of hydrogen-bond acceptors (Lipinski definition) is 20. The minimum Gasteiger partial charge on any atom is -0.477 e. The molecule has 5 atom stereocenters. The summed E-state index contributed by atoms with van der Waals surface area (Å²) in [5, 5.41) is 52.2. The van der Waals surface area contributed by atoms with E-state index in [4.69, 9.17) is 69.0 Å². The molecule has 762 valence electrons. The Balaban J connectivity index is 0.000000272. The summed E-state index contributed by atoms with van der Waals surface area (Å²) < 4.78 is 104. The molecular formula is C103H122Cl4N5O20P5S5. The molecule has 0 aliphatic rings. The Morgan fingerprint density at radius 2 is 0.535 bits per heavy atom. The number of aromatic carboxylic acids is 5. The van der Waals surface area contributed by atoms with Gasteiger partial charge in [0, 0.05) is 84.5 Å². The van der Waals surface area contributed by atoms with E-state index in [2.05, 4.69) is 59.2 Å². The van der Waals surface area contributed by atoms with Gasteiger partial charge < -0.3 is 48.2 Å². The summed E-state index contributed by atoms with van der Waals surface area (Å²) in [6.07, 6.45) is 0. The highest BCUT2D eigenvalue weighted by molar-refractivity contribution is 7.70. The molecule has 5 unspecified atom stereocenters. The lowest BCUT2D eigenvalue weighted by Crippen LogP contribution is -2.26. The Morgan fingerprint density at radius 1 is 0.310 bits per heavy atom. The van der Waals surface area contributed by atoms with E-state index in [-0.39, 0.29) is 93.9 Å². The fourth-order valence-corrected chi connectivity index (χ4v) is 28.7. The minimum atomic E-state index is -3.71. The molecule has 0 aliphatic heterocycles. The number of carbonyl (C=O) groups is 5. The van der Waals surface area contributed by atoms with Crippen molar-refractivity contribution in [3.63, 3.8) is 0 Å². The van der Waals surface area contributed by atoms with Crippen molar-refractivity contribution in [2.45, 2.75) is 159 Å². The van der Waals surface area contributed by atoms with Crippen molar-refractivity contribution >= 4 is 225 Å². The van der Waals surface area contributed by atoms with Crippen molar-refractivity contribution in [2.75, 3.05) is 92.1 Å². The molecule has 0 spiro atoms. The molecule has 0 aliphatic carbocycles. The van der Waals surface area contributed by atoms with E-state index in [0.29, 0.717) is 89.0 Å². The summed E-state index contributed by atoms with van der Waals surface area (Å²) in [6.45, 7) is 45.0. The van der Waals surface area contributed by atoms with E-state index in [0.717, 1.165) is 73.4 Å². The number of halogens is 4. The molecule has 5 heterocycles. The maximum atomic E-state index is 14.0. The van der Waals surface area contributed by atoms with Crippen LogP contribution in [0.2, 0.25) is 20.1 Å². The van der Waals surface area contributed by atoms with Gasteiger partial charge in [-0.25, -0.2) is 24.0 Å². The molecule has 0 bridgehead atoms. The molecule has 39 heteroatoms. The van der Waals surface area contributed by atoms with Gasteiger partial charge in [-0.1, -0.05) is 141 Å². The number of aryl methyl sites for hydroxylation is 4. The molecule has 25 nitrogen and oxygen atoms in total. The standard InChI is InChI=1S/C22H28NO4PS.C21H26NO4PS.C20H22Cl2NO4PS.2C20H23ClNO4PS/c1-8-27-28(26,19-10-9-15(2)13-16(19)3)23(7)18-14-17(11-12-22(4,5)6)29-20(18)21(24)25;1-7-26-27(25,16-10-8-15(2)9-11-16)22(6)18-14-17(12-13-21(3,4)5)28-19(18)20(23)24;1-6-27-28(26,17-8-7-13(21)11-15(17)22)23(5)16-12-14(9-10-20(2,3)4)29-18(16)19(24)25;1-13-11-14(21)7-8-17(13)27(25,26-6)22(5)16-12-15(9-10-20(2,3)4)28-18(16)19(23)24;1-6-26-27(25,15-9-7-14(21)8-10-15)22(5)17-13-16(11-12-20(2,3)4)28-18(17)19(23)24/h9-10,13-14H,8H2,1-7H3,(H,24,25);8-11,14H,7H2,1-6H3,(H,23,24);7-8,11-12H,6H2,1-5H3,(H,24,25);7-8,11-12H,1-6H3,(H,23,24);7-10,13H,6H2,1-5H3,(H,23,24). The van der Waals surface area contributed by atoms with E-state index in [1.54, 1.807) is 160 Å². The average Bonchev–Trinajstić information content (AvgIpc) is 1.57. The highest BCUT2D eigenvalue weighted by Gasteiger charge is 2.42. The Morgan fingerprint density at radius 3 is 0.796 bits per heavy atom. The smallest absolute Gasteiger partial charge is 0.348 e. The number of thiophene rings is 5. The first-order valence-corrected chi connectivity index (χ1v) is 57.6. The lowest BCUT2D eigenvalue weighted by molar-refractivity contribution is 0.0692. The lowest BCUT2D eigenvalue weighted by atomic mass is 9.98. The van der Waals surface area contributed by atoms with Crippen LogP contribution in [-0.4, -0.2) is 124 Å². The number of benzene rings is 5. The van der Waals surface area contributed by atoms with Crippen LogP contribution in [0.25, 0.3) is 0 Å². The summed E-state index contributed by atoms with van der Waals surface area (Å²) >= 11 is 29.5. The van der Waals surface area contributed by atoms with Crippen molar-refractivity contribution in [1.82, 2.24) is 0 Å². The molecular weight excluding hydrogens is 2080 g/mol. The number of carboxylic acid groups (broad SMARTS) is 5. The van der Waals surface area contributed by atoms with E-state index < -0.39 is 67.4 Å². The van der Waals surface area contributed by atoms with Crippen molar-refractivity contribution in [2.24, 2.45) is 27.1 Å². The highest BCUT2D eigenvalue weighted by Crippen LogP contribution is 2.59. The first-order chi connectivity index (χ1) is 65.6. The van der Waals surface area contributed by atoms with Gasteiger partial charge in [-0.3, -0.25) is 46.2 Å². The lowest BCUT2D eigenvalue weighted by Gasteiger charge is -2.30. The molecule has 5 N–H and O–H groups in total. The number of hydrogen-bond donors (Lipinski definition) is 5. The van der Waals surface area contributed by atoms with E-state index >= 15 is 0 Å². The van der Waals surface area contributed by atoms with Crippen molar-refractivity contribution in [3.05, 3.63) is 225 Å². The fraction of sp³-hybridized carbons (Fsp3) is 0.369. The van der Waals surface area contributed by atoms with E-state index in [1.807, 2.05) is 149 Å². The molecule has 0 radical (unpaired) electrons. The largest absolute Gasteiger partial charge is 0.477 e. The van der Waals surface area contributed by atoms with Crippen LogP contribution < -0.4 is 49.9 Å². The van der Waals surface area contributed by atoms with Crippen LogP contribution >= 0.6 is 141 Å². The van der Waals surface area contributed by atoms with Crippen LogP contribution in [0.3, 0.4) is 0 Å². The molecule has 142 heavy (non-hydrogen) atoms. The summed E-state index contributed by atoms with van der Waals surface area (Å²) in [4.78, 5) is 62.4. The number of rotatable bonds is 29. The summed E-state index contributed by atoms with van der Waals surface area (Å²) in [6, 6.07) is 37.2. The van der Waals surface area contributed by atoms with Gasteiger partial charge in [0.2, 0.25) is 0 Å². The first kappa shape index (κ1) is 122. The van der Waals surface area contributed by atoms with Gasteiger partial charge in [0.25, 0.3) is 0 Å². The van der Waals surface area contributed by atoms with Crippen molar-refractivity contribution < 1.29 is 94.9 Å². The van der Waals surface area contributed by atoms with Crippen LogP contribution in [0, 0.1) is 114 Å². The average molecular weight is 2210 g/mol. The van der Waals surface area contributed by atoms with E-state index in [9.17, 15) is 72.3 Å². The molecule has 10 rings (SSSR count). The van der Waals surface area contributed by atoms with Gasteiger partial charge in [-0.05, 0) is 280 Å². The Labute approximate surface area is 875 Å². The minimum absolute atomic E-state index is 0.0238. The first-order valence-electron chi connectivity index (χ1n) is 44.1. The van der Waals surface area contributed by atoms with Crippen molar-refractivity contribution in [1.29, 1.82) is 0 Å². The second kappa shape index (κ2) is 50.8. The highest BCUT2D eigenvalue weighted by atomic mass is 35.5. The maximum Gasteiger partial charge on any atom is 0.348 e. The SMILES string of the molecule is CCOP(=O)(c1ccc(C)cc1)N(C)c1cc(C#CC(C)(C)C)sc1C(=O)O.CCOP(=O)(c1ccc(C)cc1C)N(C)c1cc(C#CC(C)(C)C)sc1C(=O)O.CCOP(=O)(c1ccc(Cl)cc1)N(C)c1cc(C#CC(C)(C)C)sc1C(=O)O.CCOP(=O)(c1ccc(Cl)cc1Cl)N(C)c1cc(C#CC(C)(C)C)sc1C(=O)O.COP(=O)(c1ccc(Cl)cc1C)N(C)c1cc(C#CC(C)(C)C)sc1C(=O)O. The third kappa shape index (κ3) is 32.9. The van der Waals surface area contributed by atoms with Crippen LogP contribution in [0.4, 0.5) is 28.4 Å². The quantitative estimate of drug-likeness (QED) is 0.0215. The molecule has 5 aromatic heterocycles. The Kier molecular flexibility index (Phi) is 43.5. The molecule has 0 saturated carbocycles. The predicted molar refractivity (Wildman–Crippen MR) is 591 cm³/mol. The third-order valence-corrected chi connectivity index (χ3v) is 38.7. The Hall–Kier alpha value is -9.14. The second-order valence-electron chi connectivity index (χ2n) is 36.9. The summed E-state index contributed by atoms with van der Waals surface area (Å²) in [5.74, 6) is 25.1. The molecule has 10 aromatic rings. The summed E-state index contributed by atoms with van der Waals surface area (Å²) in [7, 11) is -8.58. The van der Waals surface area contributed by atoms with Crippen LogP contribution in [0.5, 0.6) is 0 Å². The van der Waals surface area contributed by atoms with Gasteiger partial charge >= 0.3 is 67.4 Å². The van der Waals surface area contributed by atoms with Crippen molar-refractivity contribution in [3.8, 4) is 59.2 Å². The number of nitrogens with zero attached hydrogens (tertiary/aromatic N) is 5. The molecule has 0 fully saturated rings. The normalized spacial score (nSPS) is 13.4. The fourth-order valence-electron chi connectivity index (χ4n) is 12.7. The van der Waals surface area contributed by atoms with Crippen LogP contribution in [0.15, 0.2) is 133 Å². The van der Waals surface area contributed by atoms with Gasteiger partial charge in [0.15, 0.2) is 0 Å². The van der Waals surface area contributed by atoms with E-state index in [1.165, 1.54) is 49.6 Å². The molecule has 0 saturated heterocycles. The maximum absolute atomic E-state index is 14.0. The van der Waals surface area contributed by atoms with Gasteiger partial charge in [-0.2, -0.15) is 0 Å². The number of anilines is 5. The predicted octanol–water partition coefficient (Wildman–Crippen LogP) is 27.6. The van der Waals surface area contributed by atoms with Gasteiger partial charge in [-0.15, -0.1) is 56.7 Å². The van der Waals surface area contributed by atoms with Crippen LogP contribution in [-0.2, 0) is 45.4 Å². The molecule has 0 amide bonds. The second-order valence-corrected chi connectivity index (χ2v) is 55.9. The van der Waals surface area contributed by atoms with Gasteiger partial charge in [0.05, 0.1) is 111 Å². The van der Waals surface area contributed by atoms with Crippen LogP contribution in [0.1, 0.15) is 227 Å². The zero-order valence-corrected chi connectivity index (χ0v) is 96.5. The third-order valence-electron chi connectivity index (χ3n) is 19.4. The number of carboxylic acids is 5. The van der Waals surface area contributed by atoms with Gasteiger partial charge in [0.1, 0.15) is 24.4 Å². The Bertz CT molecular complexity index is 6570. The zero-order valence-electron chi connectivity index (χ0n) is 84.9. The molecule has 5 aromatic carbocycles. The topological polar surface area (TPSA) is 334 Å². The zero-order chi connectivity index (χ0) is 107. The monoisotopic (exact) mass is 2200 g/mol.